The molecule has 2 rings (SSSR count). The molecular formula is C14H18N2O3. The average molecular weight is 262 g/mol. The van der Waals surface area contributed by atoms with E-state index in [9.17, 15) is 0 Å². The third-order valence-corrected chi connectivity index (χ3v) is 2.78. The molecule has 0 bridgehead atoms. The van der Waals surface area contributed by atoms with Crippen molar-refractivity contribution >= 4 is 0 Å². The highest BCUT2D eigenvalue weighted by Crippen LogP contribution is 2.32. The smallest absolute Gasteiger partial charge is 0.167 e. The lowest BCUT2D eigenvalue weighted by atomic mass is 10.1. The summed E-state index contributed by atoms with van der Waals surface area (Å²) < 4.78 is 15.8. The van der Waals surface area contributed by atoms with Gasteiger partial charge >= 0.3 is 0 Å². The predicted octanol–water partition coefficient (Wildman–Crippen LogP) is 2.47. The van der Waals surface area contributed by atoms with Crippen molar-refractivity contribution in [1.82, 2.24) is 10.5 Å². The molecule has 0 amide bonds. The van der Waals surface area contributed by atoms with Crippen molar-refractivity contribution in [2.75, 3.05) is 20.8 Å². The molecule has 0 aliphatic rings. The van der Waals surface area contributed by atoms with Gasteiger partial charge in [-0.05, 0) is 24.7 Å². The van der Waals surface area contributed by atoms with Gasteiger partial charge in [-0.2, -0.15) is 0 Å². The molecule has 0 saturated carbocycles. The van der Waals surface area contributed by atoms with Crippen LogP contribution in [0.4, 0.5) is 0 Å². The first-order valence-corrected chi connectivity index (χ1v) is 6.17. The van der Waals surface area contributed by atoms with Crippen molar-refractivity contribution in [3.05, 3.63) is 30.0 Å². The van der Waals surface area contributed by atoms with Gasteiger partial charge in [-0.3, -0.25) is 0 Å². The summed E-state index contributed by atoms with van der Waals surface area (Å²) in [6.45, 7) is 3.65. The van der Waals surface area contributed by atoms with Crippen molar-refractivity contribution in [3.8, 4) is 22.8 Å². The first-order valence-electron chi connectivity index (χ1n) is 6.17. The molecule has 1 N–H and O–H groups in total. The molecule has 19 heavy (non-hydrogen) atoms. The third-order valence-electron chi connectivity index (χ3n) is 2.78. The third kappa shape index (κ3) is 3.06. The summed E-state index contributed by atoms with van der Waals surface area (Å²) in [6.07, 6.45) is 0. The second-order valence-electron chi connectivity index (χ2n) is 4.03. The van der Waals surface area contributed by atoms with Crippen molar-refractivity contribution < 1.29 is 14.0 Å². The molecule has 0 radical (unpaired) electrons. The zero-order valence-corrected chi connectivity index (χ0v) is 11.4. The average Bonchev–Trinajstić information content (AvgIpc) is 2.93. The van der Waals surface area contributed by atoms with Gasteiger partial charge in [0, 0.05) is 18.2 Å². The van der Waals surface area contributed by atoms with Gasteiger partial charge in [0.25, 0.3) is 0 Å². The zero-order chi connectivity index (χ0) is 13.7. The number of ether oxygens (including phenoxy) is 2. The molecule has 0 atom stereocenters. The van der Waals surface area contributed by atoms with E-state index in [1.165, 1.54) is 0 Å². The summed E-state index contributed by atoms with van der Waals surface area (Å²) in [4.78, 5) is 0. The van der Waals surface area contributed by atoms with Crippen LogP contribution in [-0.4, -0.2) is 25.9 Å². The lowest BCUT2D eigenvalue weighted by Gasteiger charge is -2.07. The van der Waals surface area contributed by atoms with Gasteiger partial charge in [0.05, 0.1) is 19.9 Å². The van der Waals surface area contributed by atoms with Crippen molar-refractivity contribution in [2.45, 2.75) is 13.5 Å². The Morgan fingerprint density at radius 2 is 1.95 bits per heavy atom. The van der Waals surface area contributed by atoms with E-state index in [4.69, 9.17) is 14.0 Å². The molecule has 0 fully saturated rings. The van der Waals surface area contributed by atoms with Gasteiger partial charge in [-0.15, -0.1) is 0 Å². The SMILES string of the molecule is CCNCc1cc(-c2ccc(OC)c(OC)c2)on1. The van der Waals surface area contributed by atoms with Gasteiger partial charge in [-0.1, -0.05) is 12.1 Å². The first kappa shape index (κ1) is 13.4. The van der Waals surface area contributed by atoms with Crippen molar-refractivity contribution in [1.29, 1.82) is 0 Å². The molecule has 0 aliphatic carbocycles. The highest BCUT2D eigenvalue weighted by atomic mass is 16.5. The summed E-state index contributed by atoms with van der Waals surface area (Å²) in [7, 11) is 3.22. The number of hydrogen-bond donors (Lipinski definition) is 1. The van der Waals surface area contributed by atoms with Crippen molar-refractivity contribution in [3.63, 3.8) is 0 Å². The van der Waals surface area contributed by atoms with Crippen LogP contribution >= 0.6 is 0 Å². The second kappa shape index (κ2) is 6.24. The lowest BCUT2D eigenvalue weighted by Crippen LogP contribution is -2.11. The van der Waals surface area contributed by atoms with E-state index in [1.54, 1.807) is 14.2 Å². The number of aromatic nitrogens is 1. The molecule has 5 heteroatoms. The minimum atomic E-state index is 0.671. The predicted molar refractivity (Wildman–Crippen MR) is 72.4 cm³/mol. The van der Waals surface area contributed by atoms with Crippen LogP contribution in [0.15, 0.2) is 28.8 Å². The first-order chi connectivity index (χ1) is 9.28. The fraction of sp³-hybridized carbons (Fsp3) is 0.357. The van der Waals surface area contributed by atoms with E-state index in [-0.39, 0.29) is 0 Å². The number of nitrogens with zero attached hydrogens (tertiary/aromatic N) is 1. The Kier molecular flexibility index (Phi) is 4.41. The maximum atomic E-state index is 5.33. The molecule has 0 aliphatic heterocycles. The van der Waals surface area contributed by atoms with Crippen LogP contribution in [0.1, 0.15) is 12.6 Å². The van der Waals surface area contributed by atoms with Gasteiger partial charge in [0.15, 0.2) is 17.3 Å². The van der Waals surface area contributed by atoms with Crippen LogP contribution in [0.25, 0.3) is 11.3 Å². The number of nitrogens with one attached hydrogen (secondary N) is 1. The molecular weight excluding hydrogens is 244 g/mol. The molecule has 0 saturated heterocycles. The fourth-order valence-electron chi connectivity index (χ4n) is 1.77. The van der Waals surface area contributed by atoms with Crippen LogP contribution in [-0.2, 0) is 6.54 Å². The lowest BCUT2D eigenvalue weighted by molar-refractivity contribution is 0.355. The van der Waals surface area contributed by atoms with Crippen LogP contribution in [0.5, 0.6) is 11.5 Å². The van der Waals surface area contributed by atoms with Gasteiger partial charge < -0.3 is 19.3 Å². The Morgan fingerprint density at radius 3 is 2.63 bits per heavy atom. The van der Waals surface area contributed by atoms with Gasteiger partial charge in [0.2, 0.25) is 0 Å². The van der Waals surface area contributed by atoms with Crippen LogP contribution in [0.2, 0.25) is 0 Å². The van der Waals surface area contributed by atoms with Crippen LogP contribution < -0.4 is 14.8 Å². The van der Waals surface area contributed by atoms with Crippen LogP contribution in [0.3, 0.4) is 0 Å². The summed E-state index contributed by atoms with van der Waals surface area (Å²) in [5.41, 5.74) is 1.79. The summed E-state index contributed by atoms with van der Waals surface area (Å²) >= 11 is 0. The van der Waals surface area contributed by atoms with E-state index in [0.717, 1.165) is 17.8 Å². The normalized spacial score (nSPS) is 10.5. The maximum Gasteiger partial charge on any atom is 0.167 e. The minimum absolute atomic E-state index is 0.671. The molecule has 102 valence electrons. The number of rotatable bonds is 6. The van der Waals surface area contributed by atoms with Gasteiger partial charge in [0.1, 0.15) is 0 Å². The van der Waals surface area contributed by atoms with E-state index in [1.807, 2.05) is 24.3 Å². The molecule has 5 nitrogen and oxygen atoms in total. The summed E-state index contributed by atoms with van der Waals surface area (Å²) in [6, 6.07) is 7.56. The molecule has 1 aromatic heterocycles. The van der Waals surface area contributed by atoms with E-state index >= 15 is 0 Å². The zero-order valence-electron chi connectivity index (χ0n) is 11.4. The van der Waals surface area contributed by atoms with E-state index in [2.05, 4.69) is 17.4 Å². The highest BCUT2D eigenvalue weighted by molar-refractivity contribution is 5.62. The monoisotopic (exact) mass is 262 g/mol. The molecule has 1 heterocycles. The number of benzene rings is 1. The summed E-state index contributed by atoms with van der Waals surface area (Å²) in [5.74, 6) is 2.08. The standard InChI is InChI=1S/C14H18N2O3/c1-4-15-9-11-8-13(19-16-11)10-5-6-12(17-2)14(7-10)18-3/h5-8,15H,4,9H2,1-3H3. The quantitative estimate of drug-likeness (QED) is 0.866. The Hall–Kier alpha value is -2.01. The second-order valence-corrected chi connectivity index (χ2v) is 4.03. The van der Waals surface area contributed by atoms with Gasteiger partial charge in [-0.25, -0.2) is 0 Å². The molecule has 1 aromatic carbocycles. The van der Waals surface area contributed by atoms with E-state index in [0.29, 0.717) is 23.8 Å². The Morgan fingerprint density at radius 1 is 1.16 bits per heavy atom. The fourth-order valence-corrected chi connectivity index (χ4v) is 1.77. The number of methoxy groups -OCH3 is 2. The Balaban J connectivity index is 2.23. The number of hydrogen-bond acceptors (Lipinski definition) is 5. The maximum absolute atomic E-state index is 5.33. The molecule has 2 aromatic rings. The minimum Gasteiger partial charge on any atom is -0.493 e. The molecule has 0 unspecified atom stereocenters. The highest BCUT2D eigenvalue weighted by Gasteiger charge is 2.10. The molecule has 0 spiro atoms. The van der Waals surface area contributed by atoms with E-state index < -0.39 is 0 Å². The Bertz CT molecular complexity index is 537. The van der Waals surface area contributed by atoms with Crippen molar-refractivity contribution in [2.24, 2.45) is 0 Å². The topological polar surface area (TPSA) is 56.5 Å². The largest absolute Gasteiger partial charge is 0.493 e. The summed E-state index contributed by atoms with van der Waals surface area (Å²) in [5, 5.41) is 7.22. The Labute approximate surface area is 112 Å². The van der Waals surface area contributed by atoms with Crippen LogP contribution in [0, 0.1) is 0 Å².